The van der Waals surface area contributed by atoms with Gasteiger partial charge in [0.05, 0.1) is 13.2 Å². The Balaban J connectivity index is 3.19. The molecule has 1 amide bonds. The zero-order chi connectivity index (χ0) is 20.9. The SMILES string of the molecule is COC(=O)c1[nH]c(C)c(C(=O)C(C)N(CCC(C)C)C(=O)CC(C)C)c1C. The lowest BCUT2D eigenvalue weighted by atomic mass is 9.98. The van der Waals surface area contributed by atoms with Crippen LogP contribution in [0, 0.1) is 25.7 Å². The Morgan fingerprint density at radius 1 is 1.04 bits per heavy atom. The van der Waals surface area contributed by atoms with Crippen molar-refractivity contribution in [2.45, 2.75) is 67.3 Å². The first-order chi connectivity index (χ1) is 12.5. The molecule has 0 aliphatic rings. The van der Waals surface area contributed by atoms with Crippen molar-refractivity contribution in [1.29, 1.82) is 0 Å². The Morgan fingerprint density at radius 3 is 2.11 bits per heavy atom. The maximum absolute atomic E-state index is 13.2. The van der Waals surface area contributed by atoms with Gasteiger partial charge in [-0.1, -0.05) is 27.7 Å². The minimum atomic E-state index is -0.589. The van der Waals surface area contributed by atoms with Gasteiger partial charge in [0.1, 0.15) is 5.69 Å². The van der Waals surface area contributed by atoms with E-state index in [0.29, 0.717) is 35.7 Å². The molecular formula is C21H34N2O4. The van der Waals surface area contributed by atoms with Crippen LogP contribution in [0.25, 0.3) is 0 Å². The summed E-state index contributed by atoms with van der Waals surface area (Å²) in [5.41, 5.74) is 1.93. The van der Waals surface area contributed by atoms with E-state index in [-0.39, 0.29) is 23.3 Å². The molecule has 152 valence electrons. The predicted molar refractivity (Wildman–Crippen MR) is 106 cm³/mol. The molecule has 1 unspecified atom stereocenters. The number of esters is 1. The van der Waals surface area contributed by atoms with Crippen LogP contribution < -0.4 is 0 Å². The van der Waals surface area contributed by atoms with Crippen molar-refractivity contribution >= 4 is 17.7 Å². The highest BCUT2D eigenvalue weighted by molar-refractivity contribution is 6.06. The normalized spacial score (nSPS) is 12.4. The Bertz CT molecular complexity index is 689. The number of carbonyl (C=O) groups is 3. The lowest BCUT2D eigenvalue weighted by Gasteiger charge is -2.30. The number of H-pyrrole nitrogens is 1. The zero-order valence-corrected chi connectivity index (χ0v) is 17.9. The maximum Gasteiger partial charge on any atom is 0.354 e. The number of rotatable bonds is 9. The standard InChI is InChI=1S/C21H34N2O4/c1-12(2)9-10-23(17(24)11-13(3)4)16(7)20(25)18-14(5)19(21(26)27-8)22-15(18)6/h12-13,16,22H,9-11H2,1-8H3. The molecule has 1 aromatic heterocycles. The Hall–Kier alpha value is -2.11. The molecule has 0 fully saturated rings. The summed E-state index contributed by atoms with van der Waals surface area (Å²) in [6.45, 7) is 14.0. The maximum atomic E-state index is 13.2. The molecule has 6 nitrogen and oxygen atoms in total. The fourth-order valence-corrected chi connectivity index (χ4v) is 3.17. The molecule has 6 heteroatoms. The first-order valence-electron chi connectivity index (χ1n) is 9.62. The molecule has 0 saturated heterocycles. The van der Waals surface area contributed by atoms with Gasteiger partial charge in [0.2, 0.25) is 5.91 Å². The van der Waals surface area contributed by atoms with E-state index < -0.39 is 12.0 Å². The van der Waals surface area contributed by atoms with Gasteiger partial charge in [0, 0.05) is 24.2 Å². The minimum Gasteiger partial charge on any atom is -0.464 e. The van der Waals surface area contributed by atoms with Crippen molar-refractivity contribution in [1.82, 2.24) is 9.88 Å². The monoisotopic (exact) mass is 378 g/mol. The molecule has 0 bridgehead atoms. The van der Waals surface area contributed by atoms with Crippen molar-refractivity contribution < 1.29 is 19.1 Å². The Labute approximate surface area is 162 Å². The number of nitrogens with one attached hydrogen (secondary N) is 1. The number of ether oxygens (including phenoxy) is 1. The van der Waals surface area contributed by atoms with E-state index in [0.717, 1.165) is 6.42 Å². The molecule has 0 spiro atoms. The average Bonchev–Trinajstić information content (AvgIpc) is 2.87. The number of hydrogen-bond acceptors (Lipinski definition) is 4. The van der Waals surface area contributed by atoms with E-state index in [1.165, 1.54) is 7.11 Å². The number of hydrogen-bond donors (Lipinski definition) is 1. The summed E-state index contributed by atoms with van der Waals surface area (Å²) >= 11 is 0. The second-order valence-corrected chi connectivity index (χ2v) is 8.02. The number of aryl methyl sites for hydroxylation is 1. The second kappa shape index (κ2) is 9.72. The van der Waals surface area contributed by atoms with Crippen LogP contribution in [0.1, 0.15) is 79.6 Å². The molecule has 1 N–H and O–H groups in total. The predicted octanol–water partition coefficient (Wildman–Crippen LogP) is 3.91. The van der Waals surface area contributed by atoms with Gasteiger partial charge in [0.15, 0.2) is 5.78 Å². The van der Waals surface area contributed by atoms with E-state index in [2.05, 4.69) is 18.8 Å². The van der Waals surface area contributed by atoms with E-state index >= 15 is 0 Å². The largest absolute Gasteiger partial charge is 0.464 e. The van der Waals surface area contributed by atoms with Crippen LogP contribution in [0.5, 0.6) is 0 Å². The van der Waals surface area contributed by atoms with Crippen LogP contribution in [0.15, 0.2) is 0 Å². The van der Waals surface area contributed by atoms with E-state index in [4.69, 9.17) is 4.74 Å². The first kappa shape index (κ1) is 22.9. The van der Waals surface area contributed by atoms with E-state index in [1.807, 2.05) is 13.8 Å². The van der Waals surface area contributed by atoms with Crippen LogP contribution in [0.3, 0.4) is 0 Å². The smallest absolute Gasteiger partial charge is 0.354 e. The van der Waals surface area contributed by atoms with Gasteiger partial charge < -0.3 is 14.6 Å². The summed E-state index contributed by atoms with van der Waals surface area (Å²) in [6.07, 6.45) is 1.24. The summed E-state index contributed by atoms with van der Waals surface area (Å²) < 4.78 is 4.77. The number of carbonyl (C=O) groups excluding carboxylic acids is 3. The Kier molecular flexibility index (Phi) is 8.25. The van der Waals surface area contributed by atoms with Crippen molar-refractivity contribution in [3.63, 3.8) is 0 Å². The van der Waals surface area contributed by atoms with Crippen LogP contribution >= 0.6 is 0 Å². The number of amides is 1. The lowest BCUT2D eigenvalue weighted by molar-refractivity contribution is -0.133. The van der Waals surface area contributed by atoms with Gasteiger partial charge >= 0.3 is 5.97 Å². The molecule has 1 rings (SSSR count). The third-order valence-corrected chi connectivity index (χ3v) is 4.77. The quantitative estimate of drug-likeness (QED) is 0.522. The fraction of sp³-hybridized carbons (Fsp3) is 0.667. The number of nitrogens with zero attached hydrogens (tertiary/aromatic N) is 1. The number of Topliss-reactive ketones (excluding diaryl/α,β-unsaturated/α-hetero) is 1. The summed E-state index contributed by atoms with van der Waals surface area (Å²) in [7, 11) is 1.31. The summed E-state index contributed by atoms with van der Waals surface area (Å²) in [4.78, 5) is 42.5. The summed E-state index contributed by atoms with van der Waals surface area (Å²) in [5.74, 6) is -0.0102. The third-order valence-electron chi connectivity index (χ3n) is 4.77. The van der Waals surface area contributed by atoms with Gasteiger partial charge in [-0.3, -0.25) is 9.59 Å². The van der Waals surface area contributed by atoms with Crippen LogP contribution in [0.4, 0.5) is 0 Å². The number of ketones is 1. The molecule has 0 saturated carbocycles. The lowest BCUT2D eigenvalue weighted by Crippen LogP contribution is -2.44. The molecule has 0 aliphatic carbocycles. The fourth-order valence-electron chi connectivity index (χ4n) is 3.17. The van der Waals surface area contributed by atoms with Crippen molar-refractivity contribution in [3.05, 3.63) is 22.5 Å². The van der Waals surface area contributed by atoms with Gasteiger partial charge in [-0.15, -0.1) is 0 Å². The highest BCUT2D eigenvalue weighted by Gasteiger charge is 2.31. The molecule has 27 heavy (non-hydrogen) atoms. The number of aromatic amines is 1. The number of methoxy groups -OCH3 is 1. The number of aromatic nitrogens is 1. The summed E-state index contributed by atoms with van der Waals surface area (Å²) in [5, 5.41) is 0. The minimum absolute atomic E-state index is 0.00877. The molecule has 0 aliphatic heterocycles. The third kappa shape index (κ3) is 5.68. The molecule has 0 radical (unpaired) electrons. The zero-order valence-electron chi connectivity index (χ0n) is 17.9. The average molecular weight is 379 g/mol. The molecule has 1 aromatic rings. The van der Waals surface area contributed by atoms with Crippen LogP contribution in [-0.2, 0) is 9.53 Å². The first-order valence-corrected chi connectivity index (χ1v) is 9.62. The van der Waals surface area contributed by atoms with E-state index in [9.17, 15) is 14.4 Å². The van der Waals surface area contributed by atoms with Gasteiger partial charge in [0.25, 0.3) is 0 Å². The van der Waals surface area contributed by atoms with Crippen molar-refractivity contribution in [2.75, 3.05) is 13.7 Å². The highest BCUT2D eigenvalue weighted by Crippen LogP contribution is 2.23. The second-order valence-electron chi connectivity index (χ2n) is 8.02. The molecule has 1 heterocycles. The molecule has 1 atom stereocenters. The molecule has 0 aromatic carbocycles. The van der Waals surface area contributed by atoms with Gasteiger partial charge in [-0.05, 0) is 44.6 Å². The van der Waals surface area contributed by atoms with Crippen molar-refractivity contribution in [3.8, 4) is 0 Å². The topological polar surface area (TPSA) is 79.5 Å². The van der Waals surface area contributed by atoms with Gasteiger partial charge in [-0.2, -0.15) is 0 Å². The van der Waals surface area contributed by atoms with Crippen molar-refractivity contribution in [2.24, 2.45) is 11.8 Å². The van der Waals surface area contributed by atoms with Crippen LogP contribution in [-0.4, -0.2) is 47.2 Å². The molecular weight excluding hydrogens is 344 g/mol. The van der Waals surface area contributed by atoms with Gasteiger partial charge in [-0.25, -0.2) is 4.79 Å². The highest BCUT2D eigenvalue weighted by atomic mass is 16.5. The van der Waals surface area contributed by atoms with Crippen LogP contribution in [0.2, 0.25) is 0 Å². The Morgan fingerprint density at radius 2 is 1.63 bits per heavy atom. The van der Waals surface area contributed by atoms with E-state index in [1.54, 1.807) is 25.7 Å². The summed E-state index contributed by atoms with van der Waals surface area (Å²) in [6, 6.07) is -0.589.